The van der Waals surface area contributed by atoms with Crippen LogP contribution in [0, 0.1) is 0 Å². The summed E-state index contributed by atoms with van der Waals surface area (Å²) in [5, 5.41) is 3.14. The fourth-order valence-corrected chi connectivity index (χ4v) is 3.48. The number of rotatable bonds is 2. The number of aryl methyl sites for hydroxylation is 1. The molecule has 4 rings (SSSR count). The predicted octanol–water partition coefficient (Wildman–Crippen LogP) is 2.52. The number of nitrogens with zero attached hydrogens (tertiary/aromatic N) is 1. The van der Waals surface area contributed by atoms with E-state index in [1.54, 1.807) is 7.11 Å². The van der Waals surface area contributed by atoms with Gasteiger partial charge >= 0.3 is 6.18 Å². The fraction of sp³-hybridized carbons (Fsp3) is 0.136. The van der Waals surface area contributed by atoms with Crippen LogP contribution in [0.2, 0.25) is 0 Å². The summed E-state index contributed by atoms with van der Waals surface area (Å²) < 4.78 is 46.1. The van der Waals surface area contributed by atoms with Gasteiger partial charge < -0.3 is 17.1 Å². The van der Waals surface area contributed by atoms with E-state index >= 15 is 0 Å². The maximum Gasteiger partial charge on any atom is 0.416 e. The van der Waals surface area contributed by atoms with Gasteiger partial charge in [0.1, 0.15) is 7.05 Å². The molecule has 0 bridgehead atoms. The number of aromatic nitrogens is 1. The van der Waals surface area contributed by atoms with Crippen LogP contribution in [0.15, 0.2) is 66.9 Å². The molecule has 0 unspecified atom stereocenters. The van der Waals surface area contributed by atoms with Crippen LogP contribution in [-0.4, -0.2) is 7.11 Å². The van der Waals surface area contributed by atoms with Gasteiger partial charge in [-0.1, -0.05) is 30.3 Å². The number of methoxy groups -OCH3 is 1. The number of ether oxygens (including phenoxy) is 1. The van der Waals surface area contributed by atoms with Gasteiger partial charge in [0.2, 0.25) is 0 Å². The summed E-state index contributed by atoms with van der Waals surface area (Å²) in [7, 11) is 3.55. The molecule has 0 aliphatic carbocycles. The molecule has 2 nitrogen and oxygen atoms in total. The van der Waals surface area contributed by atoms with Gasteiger partial charge in [0.15, 0.2) is 11.9 Å². The standard InChI is InChI=1S/C22H17F3NO.ClH/c1-26-13-15-5-3-4-6-18(15)19-11-16(12-20(27-2)21(19)26)14-7-9-17(10-8-14)22(23,24)25;/h3-13H,1-2H3;1H/q+1;/p-1. The Balaban J connectivity index is 0.00000225. The van der Waals surface area contributed by atoms with Crippen molar-refractivity contribution in [2.45, 2.75) is 6.18 Å². The minimum absolute atomic E-state index is 0. The summed E-state index contributed by atoms with van der Waals surface area (Å²) in [5.74, 6) is 0.677. The van der Waals surface area contributed by atoms with E-state index in [1.165, 1.54) is 12.1 Å². The Bertz CT molecular complexity index is 1150. The van der Waals surface area contributed by atoms with Crippen LogP contribution in [0.4, 0.5) is 13.2 Å². The van der Waals surface area contributed by atoms with E-state index in [2.05, 4.69) is 0 Å². The second-order valence-corrected chi connectivity index (χ2v) is 6.48. The minimum Gasteiger partial charge on any atom is -1.00 e. The van der Waals surface area contributed by atoms with E-state index in [4.69, 9.17) is 4.74 Å². The zero-order chi connectivity index (χ0) is 19.2. The second kappa shape index (κ2) is 7.32. The maximum atomic E-state index is 12.8. The summed E-state index contributed by atoms with van der Waals surface area (Å²) in [4.78, 5) is 0. The Morgan fingerprint density at radius 3 is 2.18 bits per heavy atom. The number of pyridine rings is 1. The Labute approximate surface area is 166 Å². The van der Waals surface area contributed by atoms with E-state index in [1.807, 2.05) is 54.2 Å². The van der Waals surface area contributed by atoms with Gasteiger partial charge in [-0.2, -0.15) is 17.7 Å². The molecule has 0 atom stereocenters. The third-order valence-electron chi connectivity index (χ3n) is 4.78. The lowest BCUT2D eigenvalue weighted by Gasteiger charge is -2.11. The number of fused-ring (bicyclic) bond motifs is 3. The lowest BCUT2D eigenvalue weighted by molar-refractivity contribution is -0.643. The molecule has 3 aromatic carbocycles. The molecular formula is C22H17ClF3NO. The molecule has 1 heterocycles. The summed E-state index contributed by atoms with van der Waals surface area (Å²) in [6, 6.07) is 17.1. The Morgan fingerprint density at radius 1 is 0.857 bits per heavy atom. The average Bonchev–Trinajstić information content (AvgIpc) is 2.66. The van der Waals surface area contributed by atoms with Crippen LogP contribution >= 0.6 is 0 Å². The van der Waals surface area contributed by atoms with Gasteiger partial charge in [0.25, 0.3) is 5.52 Å². The number of hydrogen-bond acceptors (Lipinski definition) is 1. The zero-order valence-corrected chi connectivity index (χ0v) is 16.0. The zero-order valence-electron chi connectivity index (χ0n) is 15.2. The smallest absolute Gasteiger partial charge is 0.416 e. The molecular weight excluding hydrogens is 387 g/mol. The number of hydrogen-bond donors (Lipinski definition) is 0. The summed E-state index contributed by atoms with van der Waals surface area (Å²) >= 11 is 0. The van der Waals surface area contributed by atoms with Crippen LogP contribution < -0.4 is 21.7 Å². The average molecular weight is 404 g/mol. The van der Waals surface area contributed by atoms with Crippen molar-refractivity contribution in [1.82, 2.24) is 0 Å². The normalized spacial score (nSPS) is 11.5. The Hall–Kier alpha value is -2.79. The maximum absolute atomic E-state index is 12.8. The lowest BCUT2D eigenvalue weighted by atomic mass is 9.98. The molecule has 6 heteroatoms. The first-order chi connectivity index (χ1) is 12.9. The van der Waals surface area contributed by atoms with E-state index < -0.39 is 11.7 Å². The molecule has 0 N–H and O–H groups in total. The highest BCUT2D eigenvalue weighted by molar-refractivity contribution is 6.07. The topological polar surface area (TPSA) is 13.1 Å². The Morgan fingerprint density at radius 2 is 1.54 bits per heavy atom. The molecule has 4 aromatic rings. The van der Waals surface area contributed by atoms with Crippen LogP contribution in [-0.2, 0) is 13.2 Å². The highest BCUT2D eigenvalue weighted by Gasteiger charge is 2.30. The van der Waals surface area contributed by atoms with Crippen molar-refractivity contribution in [3.8, 4) is 16.9 Å². The first-order valence-corrected chi connectivity index (χ1v) is 8.45. The van der Waals surface area contributed by atoms with Gasteiger partial charge in [-0.05, 0) is 41.5 Å². The number of halogens is 4. The third-order valence-corrected chi connectivity index (χ3v) is 4.78. The molecule has 0 aliphatic heterocycles. The molecule has 1 aromatic heterocycles. The highest BCUT2D eigenvalue weighted by atomic mass is 35.5. The van der Waals surface area contributed by atoms with Crippen LogP contribution in [0.1, 0.15) is 5.56 Å². The van der Waals surface area contributed by atoms with E-state index in [9.17, 15) is 13.2 Å². The van der Waals surface area contributed by atoms with Crippen molar-refractivity contribution in [2.75, 3.05) is 7.11 Å². The molecule has 0 radical (unpaired) electrons. The van der Waals surface area contributed by atoms with E-state index in [0.717, 1.165) is 39.4 Å². The van der Waals surface area contributed by atoms with E-state index in [-0.39, 0.29) is 12.4 Å². The molecule has 0 saturated carbocycles. The number of benzene rings is 3. The lowest BCUT2D eigenvalue weighted by Crippen LogP contribution is -3.00. The van der Waals surface area contributed by atoms with Gasteiger partial charge in [-0.25, -0.2) is 0 Å². The Kier molecular flexibility index (Phi) is 5.22. The fourth-order valence-electron chi connectivity index (χ4n) is 3.48. The van der Waals surface area contributed by atoms with Crippen LogP contribution in [0.3, 0.4) is 0 Å². The molecule has 0 amide bonds. The third kappa shape index (κ3) is 3.38. The first-order valence-electron chi connectivity index (χ1n) is 8.45. The van der Waals surface area contributed by atoms with Crippen LogP contribution in [0.25, 0.3) is 32.8 Å². The quantitative estimate of drug-likeness (QED) is 0.370. The molecule has 144 valence electrons. The van der Waals surface area contributed by atoms with Gasteiger partial charge in [0.05, 0.1) is 18.1 Å². The van der Waals surface area contributed by atoms with E-state index in [0.29, 0.717) is 11.3 Å². The summed E-state index contributed by atoms with van der Waals surface area (Å²) in [5.41, 5.74) is 1.80. The second-order valence-electron chi connectivity index (χ2n) is 6.48. The number of alkyl halides is 3. The van der Waals surface area contributed by atoms with Gasteiger partial charge in [-0.3, -0.25) is 0 Å². The molecule has 0 fully saturated rings. The predicted molar refractivity (Wildman–Crippen MR) is 99.6 cm³/mol. The molecule has 0 aliphatic rings. The molecule has 28 heavy (non-hydrogen) atoms. The SMILES string of the molecule is COc1cc(-c2ccc(C(F)(F)F)cc2)cc2c3ccccc3c[n+](C)c12.[Cl-]. The van der Waals surface area contributed by atoms with Crippen molar-refractivity contribution >= 4 is 21.7 Å². The van der Waals surface area contributed by atoms with Gasteiger partial charge in [0, 0.05) is 10.8 Å². The minimum atomic E-state index is -4.34. The largest absolute Gasteiger partial charge is 1.00 e. The van der Waals surface area contributed by atoms with Gasteiger partial charge in [-0.15, -0.1) is 0 Å². The van der Waals surface area contributed by atoms with Crippen LogP contribution in [0.5, 0.6) is 5.75 Å². The molecule has 0 saturated heterocycles. The highest BCUT2D eigenvalue weighted by Crippen LogP contribution is 2.36. The van der Waals surface area contributed by atoms with Crippen molar-refractivity contribution < 1.29 is 34.9 Å². The summed E-state index contributed by atoms with van der Waals surface area (Å²) in [6.45, 7) is 0. The van der Waals surface area contributed by atoms with Crippen molar-refractivity contribution in [3.63, 3.8) is 0 Å². The van der Waals surface area contributed by atoms with Crippen molar-refractivity contribution in [2.24, 2.45) is 7.05 Å². The summed E-state index contributed by atoms with van der Waals surface area (Å²) in [6.07, 6.45) is -2.30. The van der Waals surface area contributed by atoms with Crippen molar-refractivity contribution in [3.05, 3.63) is 72.4 Å². The molecule has 0 spiro atoms. The first kappa shape index (κ1) is 20.0. The monoisotopic (exact) mass is 403 g/mol. The van der Waals surface area contributed by atoms with Crippen molar-refractivity contribution in [1.29, 1.82) is 0 Å².